The van der Waals surface area contributed by atoms with Gasteiger partial charge in [-0.3, -0.25) is 0 Å². The Balaban J connectivity index is 2.08. The number of nitrogens with one attached hydrogen (secondary N) is 2. The van der Waals surface area contributed by atoms with Gasteiger partial charge >= 0.3 is 6.01 Å². The fraction of sp³-hybridized carbons (Fsp3) is 0.364. The van der Waals surface area contributed by atoms with Crippen LogP contribution in [0.2, 0.25) is 0 Å². The van der Waals surface area contributed by atoms with Gasteiger partial charge in [0.2, 0.25) is 11.9 Å². The maximum Gasteiger partial charge on any atom is 0.322 e. The van der Waals surface area contributed by atoms with E-state index in [1.807, 2.05) is 13.0 Å². The summed E-state index contributed by atoms with van der Waals surface area (Å²) in [4.78, 5) is 12.4. The van der Waals surface area contributed by atoms with Crippen molar-refractivity contribution >= 4 is 11.9 Å². The molecule has 0 unspecified atom stereocenters. The molecule has 0 bridgehead atoms. The Bertz CT molecular complexity index is 486. The lowest BCUT2D eigenvalue weighted by atomic mass is 10.3. The Morgan fingerprint density at radius 1 is 1.22 bits per heavy atom. The number of furan rings is 1. The minimum absolute atomic E-state index is 0.274. The van der Waals surface area contributed by atoms with Crippen LogP contribution in [0.3, 0.4) is 0 Å². The lowest BCUT2D eigenvalue weighted by molar-refractivity contribution is 0.379. The summed E-state index contributed by atoms with van der Waals surface area (Å²) >= 11 is 0. The molecule has 96 valence electrons. The summed E-state index contributed by atoms with van der Waals surface area (Å²) in [6.07, 6.45) is 3.28. The van der Waals surface area contributed by atoms with Gasteiger partial charge in [-0.05, 0) is 13.0 Å². The highest BCUT2D eigenvalue weighted by Crippen LogP contribution is 2.11. The summed E-state index contributed by atoms with van der Waals surface area (Å²) in [6.45, 7) is 3.28. The number of hydrogen-bond acceptors (Lipinski definition) is 7. The molecule has 18 heavy (non-hydrogen) atoms. The zero-order chi connectivity index (χ0) is 12.8. The van der Waals surface area contributed by atoms with Gasteiger partial charge < -0.3 is 19.8 Å². The van der Waals surface area contributed by atoms with Crippen molar-refractivity contribution in [3.63, 3.8) is 0 Å². The van der Waals surface area contributed by atoms with Crippen LogP contribution in [0.1, 0.15) is 12.5 Å². The van der Waals surface area contributed by atoms with Crippen LogP contribution in [0.25, 0.3) is 0 Å². The smallest absolute Gasteiger partial charge is 0.322 e. The number of aromatic nitrogens is 3. The molecule has 2 rings (SSSR count). The summed E-state index contributed by atoms with van der Waals surface area (Å²) in [5.41, 5.74) is 1.01. The fourth-order valence-electron chi connectivity index (χ4n) is 1.34. The van der Waals surface area contributed by atoms with E-state index in [9.17, 15) is 0 Å². The highest BCUT2D eigenvalue weighted by Gasteiger charge is 2.06. The van der Waals surface area contributed by atoms with Crippen molar-refractivity contribution in [3.8, 4) is 6.01 Å². The largest absolute Gasteiger partial charge is 0.472 e. The van der Waals surface area contributed by atoms with Crippen LogP contribution in [0.4, 0.5) is 11.9 Å². The molecule has 0 aliphatic heterocycles. The van der Waals surface area contributed by atoms with Crippen molar-refractivity contribution < 1.29 is 9.15 Å². The third kappa shape index (κ3) is 3.09. The van der Waals surface area contributed by atoms with E-state index >= 15 is 0 Å². The minimum Gasteiger partial charge on any atom is -0.472 e. The first-order valence-corrected chi connectivity index (χ1v) is 5.60. The van der Waals surface area contributed by atoms with E-state index < -0.39 is 0 Å². The standard InChI is InChI=1S/C11H15N5O2/c1-3-12-9-14-10(16-11(15-9)17-2)13-6-8-4-5-18-7-8/h4-5,7H,3,6H2,1-2H3,(H2,12,13,14,15,16). The monoisotopic (exact) mass is 249 g/mol. The van der Waals surface area contributed by atoms with Gasteiger partial charge in [0.05, 0.1) is 19.6 Å². The van der Waals surface area contributed by atoms with Crippen LogP contribution in [0, 0.1) is 0 Å². The molecule has 0 saturated heterocycles. The molecule has 0 aromatic carbocycles. The Hall–Kier alpha value is -2.31. The first-order valence-electron chi connectivity index (χ1n) is 5.60. The van der Waals surface area contributed by atoms with Crippen LogP contribution in [-0.2, 0) is 6.54 Å². The summed E-state index contributed by atoms with van der Waals surface area (Å²) in [7, 11) is 1.52. The quantitative estimate of drug-likeness (QED) is 0.802. The molecule has 2 aromatic rings. The Morgan fingerprint density at radius 3 is 2.61 bits per heavy atom. The Kier molecular flexibility index (Phi) is 3.95. The molecule has 2 aromatic heterocycles. The molecule has 7 heteroatoms. The van der Waals surface area contributed by atoms with Crippen LogP contribution in [-0.4, -0.2) is 28.6 Å². The van der Waals surface area contributed by atoms with Gasteiger partial charge in [0.1, 0.15) is 0 Å². The summed E-state index contributed by atoms with van der Waals surface area (Å²) in [5, 5.41) is 6.09. The van der Waals surface area contributed by atoms with E-state index in [1.165, 1.54) is 7.11 Å². The van der Waals surface area contributed by atoms with Gasteiger partial charge in [-0.25, -0.2) is 0 Å². The summed E-state index contributed by atoms with van der Waals surface area (Å²) < 4.78 is 10.00. The van der Waals surface area contributed by atoms with E-state index in [1.54, 1.807) is 12.5 Å². The van der Waals surface area contributed by atoms with E-state index in [0.717, 1.165) is 12.1 Å². The molecule has 0 amide bonds. The fourth-order valence-corrected chi connectivity index (χ4v) is 1.34. The third-order valence-corrected chi connectivity index (χ3v) is 2.16. The van der Waals surface area contributed by atoms with Gasteiger partial charge in [0.15, 0.2) is 0 Å². The lowest BCUT2D eigenvalue weighted by Crippen LogP contribution is -2.09. The predicted octanol–water partition coefficient (Wildman–Crippen LogP) is 1.52. The number of methoxy groups -OCH3 is 1. The zero-order valence-electron chi connectivity index (χ0n) is 10.3. The summed E-state index contributed by atoms with van der Waals surface area (Å²) in [5.74, 6) is 0.943. The average molecular weight is 249 g/mol. The molecule has 0 radical (unpaired) electrons. The number of ether oxygens (including phenoxy) is 1. The van der Waals surface area contributed by atoms with Crippen LogP contribution >= 0.6 is 0 Å². The maximum atomic E-state index is 5.02. The molecule has 7 nitrogen and oxygen atoms in total. The molecule has 2 heterocycles. The van der Waals surface area contributed by atoms with Crippen molar-refractivity contribution in [2.75, 3.05) is 24.3 Å². The van der Waals surface area contributed by atoms with Crippen molar-refractivity contribution in [1.29, 1.82) is 0 Å². The maximum absolute atomic E-state index is 5.02. The molecule has 2 N–H and O–H groups in total. The van der Waals surface area contributed by atoms with Crippen molar-refractivity contribution in [2.45, 2.75) is 13.5 Å². The third-order valence-electron chi connectivity index (χ3n) is 2.16. The van der Waals surface area contributed by atoms with Crippen molar-refractivity contribution in [2.24, 2.45) is 0 Å². The van der Waals surface area contributed by atoms with Gasteiger partial charge in [-0.2, -0.15) is 15.0 Å². The molecule has 0 fully saturated rings. The van der Waals surface area contributed by atoms with Gasteiger partial charge in [-0.15, -0.1) is 0 Å². The Labute approximate surface area is 105 Å². The van der Waals surface area contributed by atoms with Crippen molar-refractivity contribution in [1.82, 2.24) is 15.0 Å². The number of hydrogen-bond donors (Lipinski definition) is 2. The van der Waals surface area contributed by atoms with Gasteiger partial charge in [-0.1, -0.05) is 0 Å². The summed E-state index contributed by atoms with van der Waals surface area (Å²) in [6, 6.07) is 2.15. The normalized spacial score (nSPS) is 10.1. The lowest BCUT2D eigenvalue weighted by Gasteiger charge is -2.07. The molecule has 0 spiro atoms. The van der Waals surface area contributed by atoms with Crippen LogP contribution in [0.15, 0.2) is 23.0 Å². The van der Waals surface area contributed by atoms with E-state index in [0.29, 0.717) is 18.4 Å². The molecule has 0 aliphatic carbocycles. The first-order chi connectivity index (χ1) is 8.81. The molecule has 0 saturated carbocycles. The first kappa shape index (κ1) is 12.2. The SMILES string of the molecule is CCNc1nc(NCc2ccoc2)nc(OC)n1. The second-order valence-corrected chi connectivity index (χ2v) is 3.48. The van der Waals surface area contributed by atoms with Gasteiger partial charge in [0.25, 0.3) is 0 Å². The van der Waals surface area contributed by atoms with E-state index in [4.69, 9.17) is 9.15 Å². The van der Waals surface area contributed by atoms with Crippen LogP contribution in [0.5, 0.6) is 6.01 Å². The molecule has 0 aliphatic rings. The second kappa shape index (κ2) is 5.85. The second-order valence-electron chi connectivity index (χ2n) is 3.48. The number of anilines is 2. The topological polar surface area (TPSA) is 85.1 Å². The Morgan fingerprint density at radius 2 is 2.00 bits per heavy atom. The zero-order valence-corrected chi connectivity index (χ0v) is 10.3. The molecular formula is C11H15N5O2. The minimum atomic E-state index is 0.274. The number of nitrogens with zero attached hydrogens (tertiary/aromatic N) is 3. The van der Waals surface area contributed by atoms with E-state index in [2.05, 4.69) is 25.6 Å². The molecule has 0 atom stereocenters. The number of rotatable bonds is 6. The van der Waals surface area contributed by atoms with Gasteiger partial charge in [0, 0.05) is 18.7 Å². The van der Waals surface area contributed by atoms with Crippen molar-refractivity contribution in [3.05, 3.63) is 24.2 Å². The van der Waals surface area contributed by atoms with E-state index in [-0.39, 0.29) is 6.01 Å². The average Bonchev–Trinajstić information content (AvgIpc) is 2.89. The highest BCUT2D eigenvalue weighted by molar-refractivity contribution is 5.36. The highest BCUT2D eigenvalue weighted by atomic mass is 16.5. The molecular weight excluding hydrogens is 234 g/mol. The van der Waals surface area contributed by atoms with Crippen LogP contribution < -0.4 is 15.4 Å². The predicted molar refractivity (Wildman–Crippen MR) is 66.6 cm³/mol.